The van der Waals surface area contributed by atoms with E-state index in [1.165, 1.54) is 45.6 Å². The smallest absolute Gasteiger partial charge is 0.268 e. The fourth-order valence-corrected chi connectivity index (χ4v) is 4.91. The van der Waals surface area contributed by atoms with Gasteiger partial charge in [0.25, 0.3) is 10.0 Å². The van der Waals surface area contributed by atoms with Crippen LogP contribution >= 0.6 is 0 Å². The zero-order chi connectivity index (χ0) is 24.9. The SMILES string of the molecule is COc1ccc(NC(=O)CN(c2ccc(F)cc2)S(=O)(=O)c2cc(C)ccc2OC)c(OC)c1. The van der Waals surface area contributed by atoms with Crippen LogP contribution in [-0.4, -0.2) is 42.2 Å². The monoisotopic (exact) mass is 488 g/mol. The van der Waals surface area contributed by atoms with E-state index in [9.17, 15) is 17.6 Å². The Morgan fingerprint density at radius 1 is 0.912 bits per heavy atom. The van der Waals surface area contributed by atoms with Gasteiger partial charge in [0.15, 0.2) is 0 Å². The van der Waals surface area contributed by atoms with E-state index in [1.54, 1.807) is 31.2 Å². The number of benzene rings is 3. The lowest BCUT2D eigenvalue weighted by Gasteiger charge is -2.25. The van der Waals surface area contributed by atoms with Crippen molar-refractivity contribution < 1.29 is 31.8 Å². The fourth-order valence-electron chi connectivity index (χ4n) is 3.25. The van der Waals surface area contributed by atoms with Crippen LogP contribution in [0.25, 0.3) is 0 Å². The number of sulfonamides is 1. The Hall–Kier alpha value is -3.79. The van der Waals surface area contributed by atoms with Crippen LogP contribution in [0.2, 0.25) is 0 Å². The molecule has 0 aliphatic heterocycles. The Labute approximate surface area is 197 Å². The minimum atomic E-state index is -4.27. The number of carbonyl (C=O) groups is 1. The molecule has 0 saturated heterocycles. The lowest BCUT2D eigenvalue weighted by Crippen LogP contribution is -2.38. The zero-order valence-electron chi connectivity index (χ0n) is 19.2. The van der Waals surface area contributed by atoms with Crippen LogP contribution in [0.3, 0.4) is 0 Å². The largest absolute Gasteiger partial charge is 0.497 e. The molecule has 1 amide bonds. The lowest BCUT2D eigenvalue weighted by molar-refractivity contribution is -0.114. The van der Waals surface area contributed by atoms with Crippen LogP contribution in [0.5, 0.6) is 17.2 Å². The number of hydrogen-bond donors (Lipinski definition) is 1. The van der Waals surface area contributed by atoms with Gasteiger partial charge >= 0.3 is 0 Å². The molecule has 8 nitrogen and oxygen atoms in total. The van der Waals surface area contributed by atoms with Gasteiger partial charge in [-0.2, -0.15) is 0 Å². The number of rotatable bonds is 9. The van der Waals surface area contributed by atoms with Gasteiger partial charge in [-0.3, -0.25) is 9.10 Å². The number of halogens is 1. The first kappa shape index (κ1) is 24.8. The Bertz CT molecular complexity index is 1280. The molecule has 0 aromatic heterocycles. The molecular weight excluding hydrogens is 463 g/mol. The topological polar surface area (TPSA) is 94.2 Å². The molecule has 1 N–H and O–H groups in total. The van der Waals surface area contributed by atoms with E-state index in [1.807, 2.05) is 0 Å². The quantitative estimate of drug-likeness (QED) is 0.490. The molecule has 0 radical (unpaired) electrons. The number of nitrogens with zero attached hydrogens (tertiary/aromatic N) is 1. The predicted molar refractivity (Wildman–Crippen MR) is 127 cm³/mol. The van der Waals surface area contributed by atoms with E-state index in [0.29, 0.717) is 22.7 Å². The number of anilines is 2. The van der Waals surface area contributed by atoms with Gasteiger partial charge in [0.1, 0.15) is 34.5 Å². The van der Waals surface area contributed by atoms with Crippen molar-refractivity contribution in [2.24, 2.45) is 0 Å². The Morgan fingerprint density at radius 3 is 2.21 bits per heavy atom. The highest BCUT2D eigenvalue weighted by molar-refractivity contribution is 7.93. The van der Waals surface area contributed by atoms with E-state index < -0.39 is 28.3 Å². The first-order valence-electron chi connectivity index (χ1n) is 10.1. The molecule has 34 heavy (non-hydrogen) atoms. The van der Waals surface area contributed by atoms with Crippen molar-refractivity contribution in [3.63, 3.8) is 0 Å². The van der Waals surface area contributed by atoms with Gasteiger partial charge in [-0.1, -0.05) is 6.07 Å². The molecule has 0 saturated carbocycles. The van der Waals surface area contributed by atoms with Gasteiger partial charge in [-0.25, -0.2) is 12.8 Å². The molecule has 0 fully saturated rings. The molecule has 0 spiro atoms. The minimum Gasteiger partial charge on any atom is -0.497 e. The number of aryl methyl sites for hydroxylation is 1. The molecule has 0 bridgehead atoms. The van der Waals surface area contributed by atoms with E-state index in [0.717, 1.165) is 16.4 Å². The summed E-state index contributed by atoms with van der Waals surface area (Å²) >= 11 is 0. The third kappa shape index (κ3) is 5.40. The van der Waals surface area contributed by atoms with Crippen molar-refractivity contribution in [1.82, 2.24) is 0 Å². The third-order valence-corrected chi connectivity index (χ3v) is 6.77. The van der Waals surface area contributed by atoms with E-state index in [4.69, 9.17) is 14.2 Å². The Morgan fingerprint density at radius 2 is 1.59 bits per heavy atom. The molecule has 0 aliphatic rings. The molecular formula is C24H25FN2O6S. The molecule has 3 rings (SSSR count). The summed E-state index contributed by atoms with van der Waals surface area (Å²) in [5, 5.41) is 2.66. The van der Waals surface area contributed by atoms with Crippen LogP contribution in [0.4, 0.5) is 15.8 Å². The highest BCUT2D eigenvalue weighted by Gasteiger charge is 2.30. The van der Waals surface area contributed by atoms with Crippen molar-refractivity contribution in [1.29, 1.82) is 0 Å². The fraction of sp³-hybridized carbons (Fsp3) is 0.208. The molecule has 0 heterocycles. The summed E-state index contributed by atoms with van der Waals surface area (Å²) in [5.41, 5.74) is 1.13. The second kappa shape index (κ2) is 10.4. The molecule has 0 aliphatic carbocycles. The number of nitrogens with one attached hydrogen (secondary N) is 1. The van der Waals surface area contributed by atoms with Crippen molar-refractivity contribution in [2.45, 2.75) is 11.8 Å². The van der Waals surface area contributed by atoms with Gasteiger partial charge in [0.05, 0.1) is 32.7 Å². The minimum absolute atomic E-state index is 0.113. The van der Waals surface area contributed by atoms with Crippen molar-refractivity contribution in [2.75, 3.05) is 37.5 Å². The van der Waals surface area contributed by atoms with Crippen LogP contribution < -0.4 is 23.8 Å². The molecule has 3 aromatic carbocycles. The maximum absolute atomic E-state index is 13.7. The van der Waals surface area contributed by atoms with Crippen LogP contribution in [0, 0.1) is 12.7 Å². The maximum atomic E-state index is 13.7. The van der Waals surface area contributed by atoms with E-state index >= 15 is 0 Å². The lowest BCUT2D eigenvalue weighted by atomic mass is 10.2. The number of hydrogen-bond acceptors (Lipinski definition) is 6. The standard InChI is InChI=1S/C24H25FN2O6S/c1-16-5-12-21(32-3)23(13-16)34(29,30)27(18-8-6-17(25)7-9-18)15-24(28)26-20-11-10-19(31-2)14-22(20)33-4/h5-14H,15H2,1-4H3,(H,26,28). The average molecular weight is 489 g/mol. The highest BCUT2D eigenvalue weighted by Crippen LogP contribution is 2.32. The van der Waals surface area contributed by atoms with Crippen LogP contribution in [-0.2, 0) is 14.8 Å². The molecule has 0 atom stereocenters. The summed E-state index contributed by atoms with van der Waals surface area (Å²) in [6.07, 6.45) is 0. The summed E-state index contributed by atoms with van der Waals surface area (Å²) in [5.74, 6) is -0.194. The normalized spacial score (nSPS) is 11.0. The van der Waals surface area contributed by atoms with Gasteiger partial charge in [-0.15, -0.1) is 0 Å². The number of ether oxygens (including phenoxy) is 3. The summed E-state index contributed by atoms with van der Waals surface area (Å²) in [6.45, 7) is 1.16. The average Bonchev–Trinajstić information content (AvgIpc) is 2.83. The van der Waals surface area contributed by atoms with Gasteiger partial charge in [0.2, 0.25) is 5.91 Å². The van der Waals surface area contributed by atoms with Crippen LogP contribution in [0.15, 0.2) is 65.6 Å². The second-order valence-corrected chi connectivity index (χ2v) is 9.09. The van der Waals surface area contributed by atoms with Gasteiger partial charge in [-0.05, 0) is 61.0 Å². The number of methoxy groups -OCH3 is 3. The maximum Gasteiger partial charge on any atom is 0.268 e. The first-order chi connectivity index (χ1) is 16.2. The van der Waals surface area contributed by atoms with Crippen LogP contribution in [0.1, 0.15) is 5.56 Å². The zero-order valence-corrected chi connectivity index (χ0v) is 20.0. The summed E-state index contributed by atoms with van der Waals surface area (Å²) < 4.78 is 57.5. The predicted octanol–water partition coefficient (Wildman–Crippen LogP) is 3.99. The van der Waals surface area contributed by atoms with E-state index in [2.05, 4.69) is 5.32 Å². The van der Waals surface area contributed by atoms with Crippen molar-refractivity contribution in [3.05, 3.63) is 72.0 Å². The molecule has 10 heteroatoms. The first-order valence-corrected chi connectivity index (χ1v) is 11.6. The van der Waals surface area contributed by atoms with E-state index in [-0.39, 0.29) is 16.3 Å². The summed E-state index contributed by atoms with van der Waals surface area (Å²) in [7, 11) is 0.0159. The summed E-state index contributed by atoms with van der Waals surface area (Å²) in [4.78, 5) is 12.9. The van der Waals surface area contributed by atoms with Crippen molar-refractivity contribution >= 4 is 27.3 Å². The highest BCUT2D eigenvalue weighted by atomic mass is 32.2. The van der Waals surface area contributed by atoms with Gasteiger partial charge in [0, 0.05) is 6.07 Å². The molecule has 180 valence electrons. The molecule has 0 unspecified atom stereocenters. The summed E-state index contributed by atoms with van der Waals surface area (Å²) in [6, 6.07) is 14.3. The van der Waals surface area contributed by atoms with Crippen molar-refractivity contribution in [3.8, 4) is 17.2 Å². The van der Waals surface area contributed by atoms with Gasteiger partial charge < -0.3 is 19.5 Å². The Kier molecular flexibility index (Phi) is 7.62. The number of amides is 1. The Balaban J connectivity index is 2.00. The molecule has 3 aromatic rings. The second-order valence-electron chi connectivity index (χ2n) is 7.26. The number of carbonyl (C=O) groups excluding carboxylic acids is 1. The third-order valence-electron chi connectivity index (χ3n) is 4.97.